The minimum absolute atomic E-state index is 0.581. The summed E-state index contributed by atoms with van der Waals surface area (Å²) in [5.74, 6) is 2.66. The molecule has 0 amide bonds. The maximum atomic E-state index is 5.85. The summed E-state index contributed by atoms with van der Waals surface area (Å²) in [5.41, 5.74) is 8.31. The van der Waals surface area contributed by atoms with Gasteiger partial charge in [0.15, 0.2) is 0 Å². The molecule has 1 fully saturated rings. The van der Waals surface area contributed by atoms with E-state index >= 15 is 0 Å². The average Bonchev–Trinajstić information content (AvgIpc) is 2.77. The normalized spacial score (nSPS) is 20.3. The number of aryl methyl sites for hydroxylation is 1. The molecule has 0 saturated carbocycles. The molecule has 94 valence electrons. The molecule has 17 heavy (non-hydrogen) atoms. The van der Waals surface area contributed by atoms with Gasteiger partial charge in [-0.1, -0.05) is 13.8 Å². The van der Waals surface area contributed by atoms with Crippen molar-refractivity contribution in [3.63, 3.8) is 0 Å². The molecule has 0 aromatic carbocycles. The second-order valence-corrected chi connectivity index (χ2v) is 5.37. The molecule has 1 atom stereocenters. The van der Waals surface area contributed by atoms with Crippen LogP contribution in [0.25, 0.3) is 0 Å². The van der Waals surface area contributed by atoms with E-state index < -0.39 is 0 Å². The predicted molar refractivity (Wildman–Crippen MR) is 72.0 cm³/mol. The highest BCUT2D eigenvalue weighted by atomic mass is 15.2. The van der Waals surface area contributed by atoms with Crippen LogP contribution in [0.2, 0.25) is 0 Å². The van der Waals surface area contributed by atoms with Gasteiger partial charge in [0.1, 0.15) is 5.82 Å². The number of hydrogen-bond acceptors (Lipinski definition) is 3. The lowest BCUT2D eigenvalue weighted by molar-refractivity contribution is 0.422. The number of aromatic nitrogens is 1. The zero-order valence-corrected chi connectivity index (χ0v) is 11.1. The van der Waals surface area contributed by atoms with Gasteiger partial charge in [-0.05, 0) is 36.8 Å². The van der Waals surface area contributed by atoms with Crippen LogP contribution in [0.3, 0.4) is 0 Å². The molecule has 0 aliphatic carbocycles. The van der Waals surface area contributed by atoms with Gasteiger partial charge in [0.2, 0.25) is 0 Å². The summed E-state index contributed by atoms with van der Waals surface area (Å²) < 4.78 is 0. The Kier molecular flexibility index (Phi) is 3.67. The van der Waals surface area contributed by atoms with Crippen LogP contribution in [0.1, 0.15) is 31.4 Å². The van der Waals surface area contributed by atoms with Crippen molar-refractivity contribution in [2.75, 3.05) is 18.0 Å². The Balaban J connectivity index is 2.21. The summed E-state index contributed by atoms with van der Waals surface area (Å²) in [6.45, 7) is 9.55. The maximum absolute atomic E-state index is 5.85. The van der Waals surface area contributed by atoms with E-state index in [0.717, 1.165) is 30.7 Å². The molecule has 1 aromatic rings. The first-order valence-corrected chi connectivity index (χ1v) is 6.53. The van der Waals surface area contributed by atoms with Crippen molar-refractivity contribution in [1.29, 1.82) is 0 Å². The first kappa shape index (κ1) is 12.4. The van der Waals surface area contributed by atoms with E-state index in [1.54, 1.807) is 0 Å². The molecule has 3 nitrogen and oxygen atoms in total. The second kappa shape index (κ2) is 5.05. The lowest BCUT2D eigenvalue weighted by Gasteiger charge is -2.22. The number of nitrogens with zero attached hydrogens (tertiary/aromatic N) is 2. The van der Waals surface area contributed by atoms with Crippen molar-refractivity contribution in [3.05, 3.63) is 23.4 Å². The van der Waals surface area contributed by atoms with Gasteiger partial charge in [0.05, 0.1) is 0 Å². The van der Waals surface area contributed by atoms with Gasteiger partial charge in [-0.15, -0.1) is 0 Å². The van der Waals surface area contributed by atoms with E-state index in [9.17, 15) is 0 Å². The minimum Gasteiger partial charge on any atom is -0.356 e. The Morgan fingerprint density at radius 1 is 1.53 bits per heavy atom. The smallest absolute Gasteiger partial charge is 0.133 e. The summed E-state index contributed by atoms with van der Waals surface area (Å²) >= 11 is 0. The van der Waals surface area contributed by atoms with Crippen LogP contribution >= 0.6 is 0 Å². The number of hydrogen-bond donors (Lipinski definition) is 1. The molecule has 1 aliphatic heterocycles. The fraction of sp³-hybridized carbons (Fsp3) is 0.643. The lowest BCUT2D eigenvalue weighted by atomic mass is 9.95. The molecular formula is C14H23N3. The zero-order valence-electron chi connectivity index (χ0n) is 11.1. The van der Waals surface area contributed by atoms with Crippen LogP contribution in [0.4, 0.5) is 5.82 Å². The van der Waals surface area contributed by atoms with Gasteiger partial charge >= 0.3 is 0 Å². The number of pyridine rings is 1. The van der Waals surface area contributed by atoms with Crippen molar-refractivity contribution >= 4 is 5.82 Å². The van der Waals surface area contributed by atoms with Gasteiger partial charge < -0.3 is 10.6 Å². The number of anilines is 1. The molecule has 2 rings (SSSR count). The van der Waals surface area contributed by atoms with Crippen LogP contribution < -0.4 is 10.6 Å². The summed E-state index contributed by atoms with van der Waals surface area (Å²) in [7, 11) is 0. The largest absolute Gasteiger partial charge is 0.356 e. The van der Waals surface area contributed by atoms with Crippen molar-refractivity contribution < 1.29 is 0 Å². The van der Waals surface area contributed by atoms with Gasteiger partial charge in [-0.25, -0.2) is 4.98 Å². The highest BCUT2D eigenvalue weighted by Gasteiger charge is 2.27. The second-order valence-electron chi connectivity index (χ2n) is 5.37. The SMILES string of the molecule is Cc1ccnc(N2CCC(C(C)C)C2)c1CN. The van der Waals surface area contributed by atoms with Gasteiger partial charge in [0.25, 0.3) is 0 Å². The third kappa shape index (κ3) is 2.44. The Bertz CT molecular complexity index is 387. The molecule has 0 radical (unpaired) electrons. The van der Waals surface area contributed by atoms with Crippen molar-refractivity contribution in [1.82, 2.24) is 4.98 Å². The zero-order chi connectivity index (χ0) is 12.4. The summed E-state index contributed by atoms with van der Waals surface area (Å²) in [6, 6.07) is 2.04. The molecule has 0 spiro atoms. The third-order valence-corrected chi connectivity index (χ3v) is 3.94. The molecule has 2 N–H and O–H groups in total. The summed E-state index contributed by atoms with van der Waals surface area (Å²) in [6.07, 6.45) is 3.17. The van der Waals surface area contributed by atoms with Crippen LogP contribution in [-0.4, -0.2) is 18.1 Å². The molecule has 1 unspecified atom stereocenters. The van der Waals surface area contributed by atoms with Crippen LogP contribution in [0.15, 0.2) is 12.3 Å². The number of nitrogens with two attached hydrogens (primary N) is 1. The third-order valence-electron chi connectivity index (χ3n) is 3.94. The monoisotopic (exact) mass is 233 g/mol. The topological polar surface area (TPSA) is 42.2 Å². The fourth-order valence-corrected chi connectivity index (χ4v) is 2.62. The molecule has 3 heteroatoms. The Hall–Kier alpha value is -1.09. The maximum Gasteiger partial charge on any atom is 0.133 e. The standard InChI is InChI=1S/C14H23N3/c1-10(2)12-5-7-17(9-12)14-13(8-15)11(3)4-6-16-14/h4,6,10,12H,5,7-9,15H2,1-3H3. The van der Waals surface area contributed by atoms with E-state index in [0.29, 0.717) is 6.54 Å². The van der Waals surface area contributed by atoms with E-state index in [4.69, 9.17) is 5.73 Å². The van der Waals surface area contributed by atoms with Crippen molar-refractivity contribution in [3.8, 4) is 0 Å². The van der Waals surface area contributed by atoms with Crippen molar-refractivity contribution in [2.24, 2.45) is 17.6 Å². The minimum atomic E-state index is 0.581. The highest BCUT2D eigenvalue weighted by Crippen LogP contribution is 2.29. The van der Waals surface area contributed by atoms with E-state index in [1.807, 2.05) is 12.3 Å². The molecular weight excluding hydrogens is 210 g/mol. The molecule has 1 saturated heterocycles. The summed E-state index contributed by atoms with van der Waals surface area (Å²) in [4.78, 5) is 6.93. The van der Waals surface area contributed by atoms with Crippen molar-refractivity contribution in [2.45, 2.75) is 33.7 Å². The van der Waals surface area contributed by atoms with Gasteiger partial charge in [-0.2, -0.15) is 0 Å². The van der Waals surface area contributed by atoms with Crippen LogP contribution in [0, 0.1) is 18.8 Å². The highest BCUT2D eigenvalue weighted by molar-refractivity contribution is 5.51. The van der Waals surface area contributed by atoms with Crippen LogP contribution in [0.5, 0.6) is 0 Å². The predicted octanol–water partition coefficient (Wildman–Crippen LogP) is 2.33. The van der Waals surface area contributed by atoms with E-state index in [1.165, 1.54) is 17.5 Å². The quantitative estimate of drug-likeness (QED) is 0.871. The van der Waals surface area contributed by atoms with E-state index in [-0.39, 0.29) is 0 Å². The Morgan fingerprint density at radius 2 is 2.29 bits per heavy atom. The molecule has 1 aliphatic rings. The fourth-order valence-electron chi connectivity index (χ4n) is 2.62. The Morgan fingerprint density at radius 3 is 2.88 bits per heavy atom. The van der Waals surface area contributed by atoms with Gasteiger partial charge in [-0.3, -0.25) is 0 Å². The summed E-state index contributed by atoms with van der Waals surface area (Å²) in [5, 5.41) is 0. The first-order valence-electron chi connectivity index (χ1n) is 6.53. The molecule has 1 aromatic heterocycles. The number of rotatable bonds is 3. The Labute approximate surface area is 104 Å². The average molecular weight is 233 g/mol. The molecule has 2 heterocycles. The lowest BCUT2D eigenvalue weighted by Crippen LogP contribution is -2.24. The van der Waals surface area contributed by atoms with Gasteiger partial charge in [0, 0.05) is 31.4 Å². The van der Waals surface area contributed by atoms with Crippen LogP contribution in [-0.2, 0) is 6.54 Å². The molecule has 0 bridgehead atoms. The first-order chi connectivity index (χ1) is 8.13. The van der Waals surface area contributed by atoms with E-state index in [2.05, 4.69) is 30.7 Å².